The quantitative estimate of drug-likeness (QED) is 0.347. The predicted octanol–water partition coefficient (Wildman–Crippen LogP) is 2.05. The number of guanidine groups is 1. The average molecular weight is 338 g/mol. The van der Waals surface area contributed by atoms with Gasteiger partial charge in [-0.2, -0.15) is 0 Å². The van der Waals surface area contributed by atoms with Crippen LogP contribution in [0.15, 0.2) is 15.5 Å². The molecule has 1 aromatic rings. The summed E-state index contributed by atoms with van der Waals surface area (Å²) in [5, 5.41) is 20.6. The number of nitrogens with zero attached hydrogens (tertiary/aromatic N) is 1. The molecule has 6 heteroatoms. The van der Waals surface area contributed by atoms with Crippen LogP contribution in [-0.4, -0.2) is 42.8 Å². The fraction of sp³-hybridized carbons (Fsp3) is 0.722. The third-order valence-corrected chi connectivity index (χ3v) is 3.58. The normalized spacial score (nSPS) is 15.2. The van der Waals surface area contributed by atoms with E-state index in [2.05, 4.69) is 41.7 Å². The monoisotopic (exact) mass is 338 g/mol. The third-order valence-electron chi connectivity index (χ3n) is 3.58. The van der Waals surface area contributed by atoms with Crippen molar-refractivity contribution in [2.75, 3.05) is 26.2 Å². The maximum absolute atomic E-state index is 10.7. The van der Waals surface area contributed by atoms with Crippen molar-refractivity contribution in [2.45, 2.75) is 59.6 Å². The average Bonchev–Trinajstić information content (AvgIpc) is 2.79. The SMILES string of the molecule is CCNC(=NCC(C)(O)c1cc(C)oc1C)NCCNC(C)(C)C. The Balaban J connectivity index is 2.65. The minimum absolute atomic E-state index is 0.0948. The summed E-state index contributed by atoms with van der Waals surface area (Å²) in [5.41, 5.74) is -0.181. The van der Waals surface area contributed by atoms with Crippen molar-refractivity contribution in [1.29, 1.82) is 0 Å². The van der Waals surface area contributed by atoms with Gasteiger partial charge in [0, 0.05) is 30.7 Å². The summed E-state index contributed by atoms with van der Waals surface area (Å²) < 4.78 is 5.52. The molecule has 0 fully saturated rings. The predicted molar refractivity (Wildman–Crippen MR) is 99.5 cm³/mol. The third kappa shape index (κ3) is 6.93. The molecular weight excluding hydrogens is 304 g/mol. The molecule has 1 atom stereocenters. The summed E-state index contributed by atoms with van der Waals surface area (Å²) in [6.07, 6.45) is 0. The maximum Gasteiger partial charge on any atom is 0.191 e. The zero-order valence-electron chi connectivity index (χ0n) is 16.2. The van der Waals surface area contributed by atoms with Crippen LogP contribution in [0.2, 0.25) is 0 Å². The molecule has 138 valence electrons. The van der Waals surface area contributed by atoms with Gasteiger partial charge in [0.05, 0.1) is 6.54 Å². The minimum atomic E-state index is -1.06. The highest BCUT2D eigenvalue weighted by Gasteiger charge is 2.27. The van der Waals surface area contributed by atoms with E-state index in [-0.39, 0.29) is 12.1 Å². The summed E-state index contributed by atoms with van der Waals surface area (Å²) in [4.78, 5) is 4.52. The van der Waals surface area contributed by atoms with Gasteiger partial charge in [-0.1, -0.05) is 0 Å². The van der Waals surface area contributed by atoms with E-state index < -0.39 is 5.60 Å². The van der Waals surface area contributed by atoms with Crippen LogP contribution >= 0.6 is 0 Å². The molecule has 1 unspecified atom stereocenters. The van der Waals surface area contributed by atoms with Crippen LogP contribution in [0.5, 0.6) is 0 Å². The van der Waals surface area contributed by atoms with Crippen molar-refractivity contribution in [1.82, 2.24) is 16.0 Å². The highest BCUT2D eigenvalue weighted by Crippen LogP contribution is 2.27. The van der Waals surface area contributed by atoms with E-state index in [1.165, 1.54) is 0 Å². The van der Waals surface area contributed by atoms with Crippen LogP contribution in [0.1, 0.15) is 51.7 Å². The lowest BCUT2D eigenvalue weighted by atomic mass is 9.96. The first kappa shape index (κ1) is 20.5. The highest BCUT2D eigenvalue weighted by atomic mass is 16.3. The van der Waals surface area contributed by atoms with E-state index in [0.717, 1.165) is 36.7 Å². The Bertz CT molecular complexity index is 542. The molecule has 0 aliphatic rings. The molecular formula is C18H34N4O2. The van der Waals surface area contributed by atoms with E-state index in [4.69, 9.17) is 4.42 Å². The van der Waals surface area contributed by atoms with Crippen molar-refractivity contribution >= 4 is 5.96 Å². The van der Waals surface area contributed by atoms with Gasteiger partial charge < -0.3 is 25.5 Å². The number of hydrogen-bond acceptors (Lipinski definition) is 4. The van der Waals surface area contributed by atoms with E-state index in [1.54, 1.807) is 6.92 Å². The van der Waals surface area contributed by atoms with E-state index in [0.29, 0.717) is 5.96 Å². The van der Waals surface area contributed by atoms with Crippen LogP contribution in [0.4, 0.5) is 0 Å². The molecule has 0 saturated heterocycles. The first-order valence-corrected chi connectivity index (χ1v) is 8.62. The Hall–Kier alpha value is -1.53. The van der Waals surface area contributed by atoms with Crippen LogP contribution in [0.3, 0.4) is 0 Å². The van der Waals surface area contributed by atoms with Gasteiger partial charge in [-0.3, -0.25) is 0 Å². The fourth-order valence-electron chi connectivity index (χ4n) is 2.44. The molecule has 0 saturated carbocycles. The van der Waals surface area contributed by atoms with Gasteiger partial charge >= 0.3 is 0 Å². The topological polar surface area (TPSA) is 81.8 Å². The number of aliphatic hydroxyl groups is 1. The smallest absolute Gasteiger partial charge is 0.191 e. The second kappa shape index (κ2) is 8.53. The molecule has 0 amide bonds. The van der Waals surface area contributed by atoms with Crippen molar-refractivity contribution in [3.8, 4) is 0 Å². The van der Waals surface area contributed by atoms with Crippen LogP contribution < -0.4 is 16.0 Å². The van der Waals surface area contributed by atoms with Gasteiger partial charge in [0.1, 0.15) is 17.1 Å². The first-order valence-electron chi connectivity index (χ1n) is 8.62. The van der Waals surface area contributed by atoms with Gasteiger partial charge in [0.2, 0.25) is 0 Å². The summed E-state index contributed by atoms with van der Waals surface area (Å²) in [6.45, 7) is 16.6. The van der Waals surface area contributed by atoms with Gasteiger partial charge in [-0.15, -0.1) is 0 Å². The number of aryl methyl sites for hydroxylation is 2. The molecule has 4 N–H and O–H groups in total. The number of rotatable bonds is 7. The molecule has 1 heterocycles. The lowest BCUT2D eigenvalue weighted by Gasteiger charge is -2.23. The Morgan fingerprint density at radius 1 is 1.17 bits per heavy atom. The van der Waals surface area contributed by atoms with Gasteiger partial charge in [-0.05, 0) is 54.5 Å². The Morgan fingerprint density at radius 2 is 1.83 bits per heavy atom. The second-order valence-electron chi connectivity index (χ2n) is 7.40. The Labute approximate surface area is 146 Å². The zero-order chi connectivity index (χ0) is 18.4. The van der Waals surface area contributed by atoms with Gasteiger partial charge in [-0.25, -0.2) is 4.99 Å². The molecule has 1 rings (SSSR count). The van der Waals surface area contributed by atoms with Crippen molar-refractivity contribution in [3.63, 3.8) is 0 Å². The van der Waals surface area contributed by atoms with Gasteiger partial charge in [0.15, 0.2) is 5.96 Å². The lowest BCUT2D eigenvalue weighted by Crippen LogP contribution is -2.45. The molecule has 0 spiro atoms. The van der Waals surface area contributed by atoms with Crippen LogP contribution in [0, 0.1) is 13.8 Å². The summed E-state index contributed by atoms with van der Waals surface area (Å²) in [7, 11) is 0. The fourth-order valence-corrected chi connectivity index (χ4v) is 2.44. The zero-order valence-corrected chi connectivity index (χ0v) is 16.2. The van der Waals surface area contributed by atoms with E-state index in [1.807, 2.05) is 26.8 Å². The number of hydrogen-bond donors (Lipinski definition) is 4. The van der Waals surface area contributed by atoms with E-state index in [9.17, 15) is 5.11 Å². The summed E-state index contributed by atoms with van der Waals surface area (Å²) in [5.74, 6) is 2.23. The number of aliphatic imine (C=N–C) groups is 1. The van der Waals surface area contributed by atoms with Crippen LogP contribution in [0.25, 0.3) is 0 Å². The minimum Gasteiger partial charge on any atom is -0.466 e. The highest BCUT2D eigenvalue weighted by molar-refractivity contribution is 5.79. The second-order valence-corrected chi connectivity index (χ2v) is 7.40. The van der Waals surface area contributed by atoms with Crippen LogP contribution in [-0.2, 0) is 5.60 Å². The van der Waals surface area contributed by atoms with E-state index >= 15 is 0 Å². The molecule has 24 heavy (non-hydrogen) atoms. The molecule has 1 aromatic heterocycles. The lowest BCUT2D eigenvalue weighted by molar-refractivity contribution is 0.0657. The standard InChI is InChI=1S/C18H34N4O2/c1-8-19-16(20-9-10-22-17(4,5)6)21-12-18(7,23)15-11-13(2)24-14(15)3/h11,22-23H,8-10,12H2,1-7H3,(H2,19,20,21). The molecule has 0 aliphatic carbocycles. The Kier molecular flexibility index (Phi) is 7.29. The molecule has 0 aromatic carbocycles. The molecule has 6 nitrogen and oxygen atoms in total. The molecule has 0 aliphatic heterocycles. The summed E-state index contributed by atoms with van der Waals surface area (Å²) in [6, 6.07) is 1.87. The van der Waals surface area contributed by atoms with Crippen molar-refractivity contribution in [3.05, 3.63) is 23.2 Å². The molecule has 0 bridgehead atoms. The van der Waals surface area contributed by atoms with Gasteiger partial charge in [0.25, 0.3) is 0 Å². The molecule has 0 radical (unpaired) electrons. The largest absolute Gasteiger partial charge is 0.466 e. The number of nitrogens with one attached hydrogen (secondary N) is 3. The maximum atomic E-state index is 10.7. The Morgan fingerprint density at radius 3 is 2.33 bits per heavy atom. The number of furan rings is 1. The van der Waals surface area contributed by atoms with Crippen molar-refractivity contribution in [2.24, 2.45) is 4.99 Å². The summed E-state index contributed by atoms with van der Waals surface area (Å²) >= 11 is 0. The first-order chi connectivity index (χ1) is 11.0. The van der Waals surface area contributed by atoms with Crippen molar-refractivity contribution < 1.29 is 9.52 Å².